The number of carbonyl (C=O) groups excluding carboxylic acids is 1. The molecule has 0 aliphatic heterocycles. The van der Waals surface area contributed by atoms with Crippen LogP contribution < -0.4 is 10.6 Å². The first-order chi connectivity index (χ1) is 9.87. The fourth-order valence-corrected chi connectivity index (χ4v) is 1.80. The van der Waals surface area contributed by atoms with Gasteiger partial charge in [0.05, 0.1) is 18.4 Å². The lowest BCUT2D eigenvalue weighted by molar-refractivity contribution is 0.0364. The Bertz CT molecular complexity index is 623. The molecule has 112 valence electrons. The Kier molecular flexibility index (Phi) is 4.50. The van der Waals surface area contributed by atoms with E-state index in [0.717, 1.165) is 0 Å². The van der Waals surface area contributed by atoms with Gasteiger partial charge >= 0.3 is 6.03 Å². The van der Waals surface area contributed by atoms with Gasteiger partial charge in [0.15, 0.2) is 0 Å². The first kappa shape index (κ1) is 15.3. The average molecular weight is 310 g/mol. The van der Waals surface area contributed by atoms with E-state index >= 15 is 0 Å². The molecule has 0 bridgehead atoms. The molecule has 2 aromatic heterocycles. The number of nitrogens with zero attached hydrogens (tertiary/aromatic N) is 1. The molecule has 2 aromatic rings. The summed E-state index contributed by atoms with van der Waals surface area (Å²) in [6, 6.07) is 6.17. The normalized spacial score (nSPS) is 13.5. The molecule has 7 heteroatoms. The SMILES string of the molecule is Cc1ccc(C(C)(O)CNC(=O)Nc2ccc(Cl)nc2)o1. The number of hydrogen-bond donors (Lipinski definition) is 3. The summed E-state index contributed by atoms with van der Waals surface area (Å²) in [5, 5.41) is 15.8. The van der Waals surface area contributed by atoms with E-state index in [1.54, 1.807) is 38.1 Å². The number of aromatic nitrogens is 1. The van der Waals surface area contributed by atoms with E-state index in [2.05, 4.69) is 15.6 Å². The Balaban J connectivity index is 1.90. The van der Waals surface area contributed by atoms with E-state index in [9.17, 15) is 9.90 Å². The molecule has 2 rings (SSSR count). The van der Waals surface area contributed by atoms with Crippen LogP contribution >= 0.6 is 11.6 Å². The summed E-state index contributed by atoms with van der Waals surface area (Å²) in [4.78, 5) is 15.6. The monoisotopic (exact) mass is 309 g/mol. The van der Waals surface area contributed by atoms with Crippen molar-refractivity contribution in [3.8, 4) is 0 Å². The van der Waals surface area contributed by atoms with Crippen LogP contribution in [0.3, 0.4) is 0 Å². The number of aryl methyl sites for hydroxylation is 1. The Morgan fingerprint density at radius 3 is 2.76 bits per heavy atom. The van der Waals surface area contributed by atoms with E-state index in [0.29, 0.717) is 22.4 Å². The van der Waals surface area contributed by atoms with Crippen molar-refractivity contribution < 1.29 is 14.3 Å². The second-order valence-electron chi connectivity index (χ2n) is 4.86. The fourth-order valence-electron chi connectivity index (χ4n) is 1.69. The van der Waals surface area contributed by atoms with Gasteiger partial charge < -0.3 is 20.2 Å². The second kappa shape index (κ2) is 6.15. The number of aliphatic hydroxyl groups is 1. The number of nitrogens with one attached hydrogen (secondary N) is 2. The number of amides is 2. The zero-order valence-corrected chi connectivity index (χ0v) is 12.4. The molecule has 0 aliphatic carbocycles. The Hall–Kier alpha value is -2.05. The molecule has 0 aromatic carbocycles. The average Bonchev–Trinajstić information content (AvgIpc) is 2.87. The summed E-state index contributed by atoms with van der Waals surface area (Å²) < 4.78 is 5.37. The van der Waals surface area contributed by atoms with Gasteiger partial charge in [-0.15, -0.1) is 0 Å². The first-order valence-corrected chi connectivity index (χ1v) is 6.70. The van der Waals surface area contributed by atoms with Crippen LogP contribution in [0, 0.1) is 6.92 Å². The standard InChI is InChI=1S/C14H16ClN3O3/c1-9-3-5-11(21-9)14(2,20)8-17-13(19)18-10-4-6-12(15)16-7-10/h3-7,20H,8H2,1-2H3,(H2,17,18,19). The molecular weight excluding hydrogens is 294 g/mol. The third-order valence-corrected chi connectivity index (χ3v) is 3.07. The topological polar surface area (TPSA) is 87.4 Å². The number of furan rings is 1. The van der Waals surface area contributed by atoms with Crippen molar-refractivity contribution in [1.29, 1.82) is 0 Å². The van der Waals surface area contributed by atoms with Crippen molar-refractivity contribution in [3.05, 3.63) is 47.1 Å². The molecule has 0 aliphatic rings. The van der Waals surface area contributed by atoms with Gasteiger partial charge in [0.1, 0.15) is 22.3 Å². The minimum absolute atomic E-state index is 0.00675. The molecule has 0 spiro atoms. The second-order valence-corrected chi connectivity index (χ2v) is 5.25. The molecule has 0 fully saturated rings. The van der Waals surface area contributed by atoms with Crippen LogP contribution in [0.25, 0.3) is 0 Å². The van der Waals surface area contributed by atoms with Crippen molar-refractivity contribution in [2.75, 3.05) is 11.9 Å². The summed E-state index contributed by atoms with van der Waals surface area (Å²) in [5.41, 5.74) is -0.783. The molecule has 1 atom stereocenters. The van der Waals surface area contributed by atoms with Gasteiger partial charge in [-0.3, -0.25) is 0 Å². The zero-order chi connectivity index (χ0) is 15.5. The molecule has 1 unspecified atom stereocenters. The minimum atomic E-state index is -1.29. The molecule has 21 heavy (non-hydrogen) atoms. The van der Waals surface area contributed by atoms with Crippen LogP contribution in [-0.4, -0.2) is 22.7 Å². The highest BCUT2D eigenvalue weighted by Gasteiger charge is 2.27. The maximum atomic E-state index is 11.8. The van der Waals surface area contributed by atoms with Crippen molar-refractivity contribution >= 4 is 23.3 Å². The number of pyridine rings is 1. The minimum Gasteiger partial charge on any atom is -0.463 e. The van der Waals surface area contributed by atoms with Gasteiger partial charge in [-0.05, 0) is 38.1 Å². The summed E-state index contributed by atoms with van der Waals surface area (Å²) in [6.07, 6.45) is 1.44. The number of urea groups is 1. The van der Waals surface area contributed by atoms with Gasteiger partial charge in [0.2, 0.25) is 0 Å². The predicted molar refractivity (Wildman–Crippen MR) is 79.3 cm³/mol. The Morgan fingerprint density at radius 1 is 1.43 bits per heavy atom. The lowest BCUT2D eigenvalue weighted by Gasteiger charge is -2.21. The lowest BCUT2D eigenvalue weighted by atomic mass is 10.0. The first-order valence-electron chi connectivity index (χ1n) is 6.32. The quantitative estimate of drug-likeness (QED) is 0.758. The van der Waals surface area contributed by atoms with Crippen molar-refractivity contribution in [2.45, 2.75) is 19.4 Å². The van der Waals surface area contributed by atoms with Crippen LogP contribution in [0.4, 0.5) is 10.5 Å². The highest BCUT2D eigenvalue weighted by molar-refractivity contribution is 6.29. The summed E-state index contributed by atoms with van der Waals surface area (Å²) in [7, 11) is 0. The maximum absolute atomic E-state index is 11.8. The largest absolute Gasteiger partial charge is 0.463 e. The predicted octanol–water partition coefficient (Wildman–Crippen LogP) is 2.67. The Morgan fingerprint density at radius 2 is 2.19 bits per heavy atom. The van der Waals surface area contributed by atoms with Gasteiger partial charge in [0.25, 0.3) is 0 Å². The van der Waals surface area contributed by atoms with Crippen LogP contribution in [0.2, 0.25) is 5.15 Å². The van der Waals surface area contributed by atoms with Crippen LogP contribution in [-0.2, 0) is 5.60 Å². The highest BCUT2D eigenvalue weighted by Crippen LogP contribution is 2.21. The molecule has 0 saturated heterocycles. The van der Waals surface area contributed by atoms with Gasteiger partial charge in [-0.2, -0.15) is 0 Å². The van der Waals surface area contributed by atoms with E-state index < -0.39 is 11.6 Å². The molecule has 3 N–H and O–H groups in total. The van der Waals surface area contributed by atoms with Gasteiger partial charge in [-0.25, -0.2) is 9.78 Å². The van der Waals surface area contributed by atoms with Gasteiger partial charge in [-0.1, -0.05) is 11.6 Å². The third kappa shape index (κ3) is 4.21. The van der Waals surface area contributed by atoms with Gasteiger partial charge in [0, 0.05) is 0 Å². The Labute approximate surface area is 127 Å². The van der Waals surface area contributed by atoms with Crippen molar-refractivity contribution in [1.82, 2.24) is 10.3 Å². The maximum Gasteiger partial charge on any atom is 0.319 e. The van der Waals surface area contributed by atoms with E-state index in [1.165, 1.54) is 6.20 Å². The van der Waals surface area contributed by atoms with E-state index in [-0.39, 0.29) is 6.54 Å². The lowest BCUT2D eigenvalue weighted by Crippen LogP contribution is -2.40. The number of carbonyl (C=O) groups is 1. The van der Waals surface area contributed by atoms with Crippen LogP contribution in [0.15, 0.2) is 34.9 Å². The number of hydrogen-bond acceptors (Lipinski definition) is 4. The number of anilines is 1. The van der Waals surface area contributed by atoms with Crippen LogP contribution in [0.5, 0.6) is 0 Å². The summed E-state index contributed by atoms with van der Waals surface area (Å²) in [6.45, 7) is 3.36. The molecule has 2 amide bonds. The fraction of sp³-hybridized carbons (Fsp3) is 0.286. The van der Waals surface area contributed by atoms with E-state index in [1.807, 2.05) is 0 Å². The molecule has 2 heterocycles. The smallest absolute Gasteiger partial charge is 0.319 e. The highest BCUT2D eigenvalue weighted by atomic mass is 35.5. The van der Waals surface area contributed by atoms with Crippen molar-refractivity contribution in [3.63, 3.8) is 0 Å². The zero-order valence-electron chi connectivity index (χ0n) is 11.7. The molecular formula is C14H16ClN3O3. The summed E-state index contributed by atoms with van der Waals surface area (Å²) in [5.74, 6) is 1.09. The molecule has 0 radical (unpaired) electrons. The van der Waals surface area contributed by atoms with Crippen LogP contribution in [0.1, 0.15) is 18.4 Å². The summed E-state index contributed by atoms with van der Waals surface area (Å²) >= 11 is 5.66. The number of rotatable bonds is 4. The molecule has 0 saturated carbocycles. The third-order valence-electron chi connectivity index (χ3n) is 2.85. The van der Waals surface area contributed by atoms with Crippen molar-refractivity contribution in [2.24, 2.45) is 0 Å². The molecule has 6 nitrogen and oxygen atoms in total. The van der Waals surface area contributed by atoms with E-state index in [4.69, 9.17) is 16.0 Å². The number of halogens is 1.